The van der Waals surface area contributed by atoms with Gasteiger partial charge >= 0.3 is 0 Å². The van der Waals surface area contributed by atoms with Crippen molar-refractivity contribution < 1.29 is 4.74 Å². The fourth-order valence-corrected chi connectivity index (χ4v) is 3.95. The molecule has 2 aromatic heterocycles. The molecule has 0 radical (unpaired) electrons. The van der Waals surface area contributed by atoms with E-state index in [1.807, 2.05) is 24.4 Å². The summed E-state index contributed by atoms with van der Waals surface area (Å²) in [7, 11) is 0. The summed E-state index contributed by atoms with van der Waals surface area (Å²) in [6, 6.07) is 8.28. The zero-order valence-electron chi connectivity index (χ0n) is 14.1. The van der Waals surface area contributed by atoms with E-state index in [1.54, 1.807) is 0 Å². The van der Waals surface area contributed by atoms with Crippen LogP contribution in [-0.4, -0.2) is 27.2 Å². The predicted octanol–water partition coefficient (Wildman–Crippen LogP) is 4.43. The maximum absolute atomic E-state index is 9.01. The van der Waals surface area contributed by atoms with Crippen LogP contribution in [0.1, 0.15) is 38.1 Å². The maximum Gasteiger partial charge on any atom is 0.109 e. The van der Waals surface area contributed by atoms with Crippen molar-refractivity contribution >= 4 is 33.5 Å². The summed E-state index contributed by atoms with van der Waals surface area (Å²) in [5.74, 6) is 1.05. The summed E-state index contributed by atoms with van der Waals surface area (Å²) in [6.07, 6.45) is 4.85. The minimum Gasteiger partial charge on any atom is -0.377 e. The van der Waals surface area contributed by atoms with E-state index in [4.69, 9.17) is 26.6 Å². The zero-order chi connectivity index (χ0) is 17.4. The van der Waals surface area contributed by atoms with Crippen LogP contribution in [0.2, 0.25) is 5.02 Å². The van der Waals surface area contributed by atoms with Gasteiger partial charge in [0.15, 0.2) is 0 Å². The molecular weight excluding hydrogens is 336 g/mol. The number of pyridine rings is 1. The van der Waals surface area contributed by atoms with Crippen LogP contribution in [0, 0.1) is 11.3 Å². The van der Waals surface area contributed by atoms with E-state index in [1.165, 1.54) is 0 Å². The highest BCUT2D eigenvalue weighted by Gasteiger charge is 2.27. The van der Waals surface area contributed by atoms with Crippen molar-refractivity contribution in [3.8, 4) is 6.07 Å². The molecule has 25 heavy (non-hydrogen) atoms. The lowest BCUT2D eigenvalue weighted by Crippen LogP contribution is -2.28. The Morgan fingerprint density at radius 2 is 2.28 bits per heavy atom. The largest absolute Gasteiger partial charge is 0.377 e. The Kier molecular flexibility index (Phi) is 4.32. The zero-order valence-corrected chi connectivity index (χ0v) is 14.8. The number of fused-ring (bicyclic) bond motifs is 3. The van der Waals surface area contributed by atoms with Crippen LogP contribution < -0.4 is 0 Å². The second-order valence-electron chi connectivity index (χ2n) is 6.44. The molecule has 0 saturated carbocycles. The third-order valence-electron chi connectivity index (χ3n) is 4.89. The highest BCUT2D eigenvalue weighted by atomic mass is 35.5. The van der Waals surface area contributed by atoms with Gasteiger partial charge in [-0.3, -0.25) is 4.98 Å². The van der Waals surface area contributed by atoms with Gasteiger partial charge in [-0.2, -0.15) is 5.26 Å². The second kappa shape index (κ2) is 6.62. The van der Waals surface area contributed by atoms with Crippen molar-refractivity contribution in [3.05, 3.63) is 35.2 Å². The third kappa shape index (κ3) is 2.86. The molecule has 6 heteroatoms. The Morgan fingerprint density at radius 1 is 1.40 bits per heavy atom. The standard InChI is InChI=1S/C19H19ClN4O/c1-2-18-23-17-11-22-16-4-3-12(20)9-15(16)19(17)24(18)13-6-8-25-14(10-13)5-7-21/h3-4,9,11,13-14H,2,5-6,8,10H2,1H3/t13-,14-/m1/s1. The summed E-state index contributed by atoms with van der Waals surface area (Å²) < 4.78 is 8.09. The molecule has 0 amide bonds. The topological polar surface area (TPSA) is 63.7 Å². The van der Waals surface area contributed by atoms with E-state index in [0.717, 1.165) is 47.0 Å². The molecule has 0 N–H and O–H groups in total. The van der Waals surface area contributed by atoms with Gasteiger partial charge < -0.3 is 9.30 Å². The summed E-state index contributed by atoms with van der Waals surface area (Å²) in [6.45, 7) is 2.79. The number of ether oxygens (including phenoxy) is 1. The number of nitriles is 1. The number of hydrogen-bond donors (Lipinski definition) is 0. The highest BCUT2D eigenvalue weighted by molar-refractivity contribution is 6.31. The number of hydrogen-bond acceptors (Lipinski definition) is 4. The van der Waals surface area contributed by atoms with Crippen molar-refractivity contribution in [3.63, 3.8) is 0 Å². The minimum absolute atomic E-state index is 0.0115. The molecule has 5 nitrogen and oxygen atoms in total. The first-order chi connectivity index (χ1) is 12.2. The summed E-state index contributed by atoms with van der Waals surface area (Å²) in [5, 5.41) is 10.7. The Hall–Kier alpha value is -2.16. The number of nitrogens with zero attached hydrogens (tertiary/aromatic N) is 4. The normalized spacial score (nSPS) is 20.8. The van der Waals surface area contributed by atoms with Crippen LogP contribution in [-0.2, 0) is 11.2 Å². The van der Waals surface area contributed by atoms with E-state index < -0.39 is 0 Å². The number of benzene rings is 1. The van der Waals surface area contributed by atoms with Crippen LogP contribution in [0.15, 0.2) is 24.4 Å². The Bertz CT molecular complexity index is 975. The summed E-state index contributed by atoms with van der Waals surface area (Å²) in [4.78, 5) is 9.34. The molecule has 1 aliphatic rings. The minimum atomic E-state index is -0.0115. The Labute approximate surface area is 151 Å². The number of rotatable bonds is 3. The van der Waals surface area contributed by atoms with Gasteiger partial charge in [-0.05, 0) is 31.0 Å². The van der Waals surface area contributed by atoms with E-state index in [-0.39, 0.29) is 12.1 Å². The van der Waals surface area contributed by atoms with E-state index in [0.29, 0.717) is 18.1 Å². The van der Waals surface area contributed by atoms with Gasteiger partial charge in [0.05, 0.1) is 35.8 Å². The molecule has 1 aromatic carbocycles. The fourth-order valence-electron chi connectivity index (χ4n) is 3.78. The number of aryl methyl sites for hydroxylation is 1. The monoisotopic (exact) mass is 354 g/mol. The highest BCUT2D eigenvalue weighted by Crippen LogP contribution is 2.34. The van der Waals surface area contributed by atoms with Gasteiger partial charge in [-0.15, -0.1) is 0 Å². The number of aromatic nitrogens is 3. The molecule has 3 aromatic rings. The lowest BCUT2D eigenvalue weighted by Gasteiger charge is -2.30. The molecule has 128 valence electrons. The number of halogens is 1. The molecule has 3 heterocycles. The third-order valence-corrected chi connectivity index (χ3v) is 5.13. The molecule has 1 aliphatic heterocycles. The first-order valence-electron chi connectivity index (χ1n) is 8.65. The van der Waals surface area contributed by atoms with E-state index in [2.05, 4.69) is 22.5 Å². The molecular formula is C19H19ClN4O. The van der Waals surface area contributed by atoms with Gasteiger partial charge in [0.2, 0.25) is 0 Å². The first-order valence-corrected chi connectivity index (χ1v) is 9.02. The quantitative estimate of drug-likeness (QED) is 0.697. The van der Waals surface area contributed by atoms with Gasteiger partial charge in [0, 0.05) is 29.5 Å². The van der Waals surface area contributed by atoms with Crippen LogP contribution in [0.3, 0.4) is 0 Å². The number of imidazole rings is 1. The van der Waals surface area contributed by atoms with Crippen molar-refractivity contribution in [1.29, 1.82) is 5.26 Å². The molecule has 0 spiro atoms. The van der Waals surface area contributed by atoms with Crippen molar-refractivity contribution in [2.45, 2.75) is 44.8 Å². The second-order valence-corrected chi connectivity index (χ2v) is 6.87. The molecule has 4 rings (SSSR count). The summed E-state index contributed by atoms with van der Waals surface area (Å²) in [5.41, 5.74) is 2.91. The molecule has 2 atom stereocenters. The average Bonchev–Trinajstić information content (AvgIpc) is 3.01. The molecule has 1 fully saturated rings. The predicted molar refractivity (Wildman–Crippen MR) is 97.7 cm³/mol. The van der Waals surface area contributed by atoms with E-state index >= 15 is 0 Å². The molecule has 0 unspecified atom stereocenters. The fraction of sp³-hybridized carbons (Fsp3) is 0.421. The Morgan fingerprint density at radius 3 is 3.08 bits per heavy atom. The van der Waals surface area contributed by atoms with Gasteiger partial charge in [-0.1, -0.05) is 18.5 Å². The van der Waals surface area contributed by atoms with Crippen LogP contribution in [0.5, 0.6) is 0 Å². The average molecular weight is 355 g/mol. The van der Waals surface area contributed by atoms with Crippen molar-refractivity contribution in [2.24, 2.45) is 0 Å². The molecule has 1 saturated heterocycles. The first kappa shape index (κ1) is 16.3. The van der Waals surface area contributed by atoms with Crippen LogP contribution >= 0.6 is 11.6 Å². The van der Waals surface area contributed by atoms with Gasteiger partial charge in [-0.25, -0.2) is 4.98 Å². The lowest BCUT2D eigenvalue weighted by molar-refractivity contribution is -0.00204. The van der Waals surface area contributed by atoms with Gasteiger partial charge in [0.25, 0.3) is 0 Å². The SMILES string of the molecule is CCc1nc2cnc3ccc(Cl)cc3c2n1[C@@H]1CCO[C@H](CC#N)C1. The maximum atomic E-state index is 9.01. The van der Waals surface area contributed by atoms with Crippen molar-refractivity contribution in [2.75, 3.05) is 6.61 Å². The van der Waals surface area contributed by atoms with E-state index in [9.17, 15) is 0 Å². The van der Waals surface area contributed by atoms with Gasteiger partial charge in [0.1, 0.15) is 11.3 Å². The molecule has 0 bridgehead atoms. The van der Waals surface area contributed by atoms with Crippen LogP contribution in [0.4, 0.5) is 0 Å². The summed E-state index contributed by atoms with van der Waals surface area (Å²) >= 11 is 6.25. The van der Waals surface area contributed by atoms with Crippen LogP contribution in [0.25, 0.3) is 21.9 Å². The Balaban J connectivity index is 1.92. The smallest absolute Gasteiger partial charge is 0.109 e. The lowest BCUT2D eigenvalue weighted by atomic mass is 10.0. The molecule has 0 aliphatic carbocycles. The van der Waals surface area contributed by atoms with Crippen molar-refractivity contribution in [1.82, 2.24) is 14.5 Å².